The van der Waals surface area contributed by atoms with Gasteiger partial charge in [0, 0.05) is 11.8 Å². The maximum Gasteiger partial charge on any atom is 0.230 e. The summed E-state index contributed by atoms with van der Waals surface area (Å²) in [5.41, 5.74) is 4.38. The number of hydrogen-bond donors (Lipinski definition) is 0. The summed E-state index contributed by atoms with van der Waals surface area (Å²) in [6, 6.07) is 33.3. The molecule has 0 amide bonds. The topological polar surface area (TPSA) is 30.2 Å². The van der Waals surface area contributed by atoms with Gasteiger partial charge in [0.2, 0.25) is 5.95 Å². The van der Waals surface area contributed by atoms with Gasteiger partial charge in [-0.15, -0.1) is 0 Å². The third-order valence-electron chi connectivity index (χ3n) is 4.96. The van der Waals surface area contributed by atoms with Crippen LogP contribution in [-0.2, 0) is 6.54 Å². The fourth-order valence-corrected chi connectivity index (χ4v) is 3.57. The van der Waals surface area contributed by atoms with Crippen LogP contribution in [0.4, 0.5) is 5.95 Å². The van der Waals surface area contributed by atoms with Crippen LogP contribution in [0, 0.1) is 0 Å². The molecule has 0 atom stereocenters. The maximum atomic E-state index is 4.79. The fraction of sp³-hybridized carbons (Fsp3) is 0.0400. The zero-order valence-corrected chi connectivity index (χ0v) is 15.4. The second-order valence-electron chi connectivity index (χ2n) is 6.80. The molecular weight excluding hydrogens is 342 g/mol. The molecule has 1 heterocycles. The first kappa shape index (κ1) is 16.5. The molecule has 0 radical (unpaired) electrons. The highest BCUT2D eigenvalue weighted by Crippen LogP contribution is 2.24. The molecule has 0 fully saturated rings. The van der Waals surface area contributed by atoms with Crippen LogP contribution in [0.25, 0.3) is 21.8 Å². The number of rotatable bonds is 4. The minimum absolute atomic E-state index is 0.720. The lowest BCUT2D eigenvalue weighted by molar-refractivity contribution is 0.827. The van der Waals surface area contributed by atoms with Crippen molar-refractivity contribution in [3.63, 3.8) is 0 Å². The lowest BCUT2D eigenvalue weighted by Gasteiger charge is -2.07. The van der Waals surface area contributed by atoms with E-state index in [0.717, 1.165) is 29.1 Å². The average molecular weight is 361 g/mol. The minimum atomic E-state index is 0.720. The molecule has 0 saturated heterocycles. The summed E-state index contributed by atoms with van der Waals surface area (Å²) in [5.74, 6) is 0.720. The van der Waals surface area contributed by atoms with Crippen LogP contribution >= 0.6 is 0 Å². The van der Waals surface area contributed by atoms with E-state index in [2.05, 4.69) is 77.4 Å². The molecule has 3 nitrogen and oxygen atoms in total. The van der Waals surface area contributed by atoms with Crippen molar-refractivity contribution in [1.29, 1.82) is 0 Å². The van der Waals surface area contributed by atoms with E-state index in [4.69, 9.17) is 9.98 Å². The van der Waals surface area contributed by atoms with Crippen molar-refractivity contribution in [3.8, 4) is 0 Å². The summed E-state index contributed by atoms with van der Waals surface area (Å²) in [6.07, 6.45) is 1.92. The molecule has 0 bridgehead atoms. The number of hydrogen-bond acceptors (Lipinski definition) is 2. The fourth-order valence-electron chi connectivity index (χ4n) is 3.57. The number of para-hydroxylation sites is 2. The van der Waals surface area contributed by atoms with E-state index in [0.29, 0.717) is 0 Å². The van der Waals surface area contributed by atoms with Gasteiger partial charge < -0.3 is 4.57 Å². The maximum absolute atomic E-state index is 4.79. The van der Waals surface area contributed by atoms with E-state index in [-0.39, 0.29) is 0 Å². The molecule has 4 aromatic carbocycles. The van der Waals surface area contributed by atoms with Crippen LogP contribution in [0.2, 0.25) is 0 Å². The SMILES string of the molecule is C(=N\c1nc2ccccc2n1Cc1ccccc1)/c1cccc2ccccc12. The van der Waals surface area contributed by atoms with Gasteiger partial charge in [-0.1, -0.05) is 84.9 Å². The molecule has 0 aliphatic rings. The van der Waals surface area contributed by atoms with E-state index in [9.17, 15) is 0 Å². The van der Waals surface area contributed by atoms with Gasteiger partial charge in [0.15, 0.2) is 0 Å². The van der Waals surface area contributed by atoms with Gasteiger partial charge >= 0.3 is 0 Å². The highest BCUT2D eigenvalue weighted by atomic mass is 15.2. The highest BCUT2D eigenvalue weighted by Gasteiger charge is 2.10. The molecule has 5 rings (SSSR count). The predicted octanol–water partition coefficient (Wildman–Crippen LogP) is 5.99. The van der Waals surface area contributed by atoms with Crippen LogP contribution < -0.4 is 0 Å². The van der Waals surface area contributed by atoms with E-state index < -0.39 is 0 Å². The molecule has 1 aromatic heterocycles. The van der Waals surface area contributed by atoms with Crippen molar-refractivity contribution < 1.29 is 0 Å². The normalized spacial score (nSPS) is 11.6. The average Bonchev–Trinajstić information content (AvgIpc) is 3.10. The molecule has 3 heteroatoms. The Morgan fingerprint density at radius 3 is 2.43 bits per heavy atom. The quantitative estimate of drug-likeness (QED) is 0.362. The Labute approximate surface area is 163 Å². The summed E-state index contributed by atoms with van der Waals surface area (Å²) in [5, 5.41) is 2.41. The lowest BCUT2D eigenvalue weighted by atomic mass is 10.1. The minimum Gasteiger partial charge on any atom is -0.304 e. The van der Waals surface area contributed by atoms with Crippen molar-refractivity contribution >= 4 is 34.0 Å². The zero-order valence-electron chi connectivity index (χ0n) is 15.4. The first-order valence-corrected chi connectivity index (χ1v) is 9.39. The number of benzene rings is 4. The molecule has 0 saturated carbocycles. The number of aromatic nitrogens is 2. The van der Waals surface area contributed by atoms with Crippen molar-refractivity contribution in [2.45, 2.75) is 6.54 Å². The Balaban J connectivity index is 1.60. The van der Waals surface area contributed by atoms with E-state index >= 15 is 0 Å². The van der Waals surface area contributed by atoms with E-state index in [1.165, 1.54) is 16.3 Å². The van der Waals surface area contributed by atoms with Crippen molar-refractivity contribution in [2.24, 2.45) is 4.99 Å². The Morgan fingerprint density at radius 2 is 1.50 bits per heavy atom. The first-order chi connectivity index (χ1) is 13.9. The third kappa shape index (κ3) is 3.08. The molecule has 0 unspecified atom stereocenters. The number of aliphatic imine (C=N–C) groups is 1. The van der Waals surface area contributed by atoms with Gasteiger partial charge in [-0.3, -0.25) is 0 Å². The summed E-state index contributed by atoms with van der Waals surface area (Å²) >= 11 is 0. The zero-order chi connectivity index (χ0) is 18.8. The number of nitrogens with zero attached hydrogens (tertiary/aromatic N) is 3. The highest BCUT2D eigenvalue weighted by molar-refractivity contribution is 6.00. The van der Waals surface area contributed by atoms with E-state index in [1.54, 1.807) is 0 Å². The Bertz CT molecular complexity index is 1280. The molecule has 0 N–H and O–H groups in total. The molecule has 0 aliphatic carbocycles. The lowest BCUT2D eigenvalue weighted by Crippen LogP contribution is -1.99. The van der Waals surface area contributed by atoms with Crippen LogP contribution in [-0.4, -0.2) is 15.8 Å². The van der Waals surface area contributed by atoms with Crippen LogP contribution in [0.1, 0.15) is 11.1 Å². The standard InChI is InChI=1S/C25H19N3/c1-2-9-19(10-3-1)18-28-24-16-7-6-15-23(24)27-25(28)26-17-21-13-8-12-20-11-4-5-14-22(20)21/h1-17H,18H2/b26-17+. The van der Waals surface area contributed by atoms with Crippen molar-refractivity contribution in [3.05, 3.63) is 108 Å². The third-order valence-corrected chi connectivity index (χ3v) is 4.96. The number of fused-ring (bicyclic) bond motifs is 2. The van der Waals surface area contributed by atoms with Gasteiger partial charge in [-0.05, 0) is 28.5 Å². The predicted molar refractivity (Wildman–Crippen MR) is 116 cm³/mol. The Kier molecular flexibility index (Phi) is 4.19. The summed E-state index contributed by atoms with van der Waals surface area (Å²) < 4.78 is 2.17. The van der Waals surface area contributed by atoms with Gasteiger partial charge in [0.05, 0.1) is 17.6 Å². The van der Waals surface area contributed by atoms with Crippen molar-refractivity contribution in [1.82, 2.24) is 9.55 Å². The van der Waals surface area contributed by atoms with Gasteiger partial charge in [-0.2, -0.15) is 0 Å². The Hall–Kier alpha value is -3.72. The molecule has 5 aromatic rings. The molecule has 28 heavy (non-hydrogen) atoms. The van der Waals surface area contributed by atoms with Crippen LogP contribution in [0.5, 0.6) is 0 Å². The Morgan fingerprint density at radius 1 is 0.750 bits per heavy atom. The second-order valence-corrected chi connectivity index (χ2v) is 6.80. The van der Waals surface area contributed by atoms with Gasteiger partial charge in [-0.25, -0.2) is 9.98 Å². The van der Waals surface area contributed by atoms with Crippen LogP contribution in [0.3, 0.4) is 0 Å². The molecule has 134 valence electrons. The smallest absolute Gasteiger partial charge is 0.230 e. The summed E-state index contributed by atoms with van der Waals surface area (Å²) in [4.78, 5) is 9.56. The van der Waals surface area contributed by atoms with Gasteiger partial charge in [0.1, 0.15) is 0 Å². The van der Waals surface area contributed by atoms with Crippen LogP contribution in [0.15, 0.2) is 102 Å². The number of imidazole rings is 1. The second kappa shape index (κ2) is 7.12. The summed E-state index contributed by atoms with van der Waals surface area (Å²) in [6.45, 7) is 0.740. The molecular formula is C25H19N3. The van der Waals surface area contributed by atoms with Crippen molar-refractivity contribution in [2.75, 3.05) is 0 Å². The first-order valence-electron chi connectivity index (χ1n) is 9.39. The van der Waals surface area contributed by atoms with Gasteiger partial charge in [0.25, 0.3) is 0 Å². The monoisotopic (exact) mass is 361 g/mol. The summed E-state index contributed by atoms with van der Waals surface area (Å²) in [7, 11) is 0. The molecule has 0 aliphatic heterocycles. The molecule has 0 spiro atoms. The van der Waals surface area contributed by atoms with E-state index in [1.807, 2.05) is 30.5 Å². The largest absolute Gasteiger partial charge is 0.304 e.